The first-order chi connectivity index (χ1) is 8.42. The van der Waals surface area contributed by atoms with E-state index in [9.17, 15) is 0 Å². The zero-order valence-corrected chi connectivity index (χ0v) is 10.4. The molecule has 88 valence electrons. The fourth-order valence-corrected chi connectivity index (χ4v) is 3.10. The Morgan fingerprint density at radius 2 is 1.88 bits per heavy atom. The van der Waals surface area contributed by atoms with Crippen LogP contribution in [0.3, 0.4) is 0 Å². The van der Waals surface area contributed by atoms with Crippen molar-refractivity contribution >= 4 is 0 Å². The largest absolute Gasteiger partial charge is 0.0738 e. The molecule has 0 saturated heterocycles. The summed E-state index contributed by atoms with van der Waals surface area (Å²) in [6.07, 6.45) is 13.1. The Hall–Kier alpha value is -1.30. The van der Waals surface area contributed by atoms with Crippen molar-refractivity contribution in [2.24, 2.45) is 5.92 Å². The van der Waals surface area contributed by atoms with E-state index in [-0.39, 0.29) is 0 Å². The Kier molecular flexibility index (Phi) is 3.13. The predicted octanol–water partition coefficient (Wildman–Crippen LogP) is 4.68. The van der Waals surface area contributed by atoms with Crippen LogP contribution in [0.25, 0.3) is 0 Å². The molecule has 2 aliphatic carbocycles. The van der Waals surface area contributed by atoms with Crippen LogP contribution >= 0.6 is 0 Å². The monoisotopic (exact) mass is 224 g/mol. The molecule has 0 spiro atoms. The van der Waals surface area contributed by atoms with E-state index in [0.29, 0.717) is 0 Å². The average Bonchev–Trinajstić information content (AvgIpc) is 2.60. The fourth-order valence-electron chi connectivity index (χ4n) is 3.10. The molecule has 1 aromatic carbocycles. The first kappa shape index (κ1) is 10.8. The lowest BCUT2D eigenvalue weighted by atomic mass is 9.98. The number of allylic oxidation sites excluding steroid dienone is 4. The van der Waals surface area contributed by atoms with Crippen molar-refractivity contribution in [2.75, 3.05) is 0 Å². The molecule has 0 aromatic heterocycles. The Balaban J connectivity index is 1.74. The summed E-state index contributed by atoms with van der Waals surface area (Å²) >= 11 is 0. The van der Waals surface area contributed by atoms with Crippen molar-refractivity contribution < 1.29 is 0 Å². The highest BCUT2D eigenvalue weighted by molar-refractivity contribution is 5.39. The SMILES string of the molecule is C1=C(Cc2ccccc2)C=C2CCCCCC12. The predicted molar refractivity (Wildman–Crippen MR) is 72.9 cm³/mol. The topological polar surface area (TPSA) is 0 Å². The maximum atomic E-state index is 2.52. The maximum Gasteiger partial charge on any atom is -0.00141 e. The van der Waals surface area contributed by atoms with Gasteiger partial charge in [-0.25, -0.2) is 0 Å². The van der Waals surface area contributed by atoms with Crippen LogP contribution in [-0.2, 0) is 6.42 Å². The van der Waals surface area contributed by atoms with E-state index < -0.39 is 0 Å². The van der Waals surface area contributed by atoms with Crippen molar-refractivity contribution in [3.05, 3.63) is 59.2 Å². The van der Waals surface area contributed by atoms with Gasteiger partial charge in [-0.2, -0.15) is 0 Å². The van der Waals surface area contributed by atoms with E-state index in [1.807, 2.05) is 0 Å². The van der Waals surface area contributed by atoms with Crippen LogP contribution in [0.5, 0.6) is 0 Å². The highest BCUT2D eigenvalue weighted by atomic mass is 14.3. The van der Waals surface area contributed by atoms with Crippen molar-refractivity contribution in [1.82, 2.24) is 0 Å². The van der Waals surface area contributed by atoms with Crippen molar-refractivity contribution in [1.29, 1.82) is 0 Å². The lowest BCUT2D eigenvalue weighted by Crippen LogP contribution is -1.93. The summed E-state index contributed by atoms with van der Waals surface area (Å²) in [6, 6.07) is 10.8. The molecule has 0 bridgehead atoms. The first-order valence-corrected chi connectivity index (χ1v) is 6.87. The second-order valence-electron chi connectivity index (χ2n) is 5.33. The van der Waals surface area contributed by atoms with Crippen LogP contribution in [-0.4, -0.2) is 0 Å². The van der Waals surface area contributed by atoms with Crippen LogP contribution < -0.4 is 0 Å². The van der Waals surface area contributed by atoms with Gasteiger partial charge < -0.3 is 0 Å². The summed E-state index contributed by atoms with van der Waals surface area (Å²) < 4.78 is 0. The summed E-state index contributed by atoms with van der Waals surface area (Å²) in [6.45, 7) is 0. The molecule has 0 heteroatoms. The van der Waals surface area contributed by atoms with Gasteiger partial charge in [-0.1, -0.05) is 60.9 Å². The minimum absolute atomic E-state index is 0.774. The summed E-state index contributed by atoms with van der Waals surface area (Å²) in [4.78, 5) is 0. The highest BCUT2D eigenvalue weighted by Crippen LogP contribution is 2.35. The third-order valence-electron chi connectivity index (χ3n) is 3.99. The Bertz CT molecular complexity index is 436. The van der Waals surface area contributed by atoms with Crippen molar-refractivity contribution in [3.8, 4) is 0 Å². The van der Waals surface area contributed by atoms with E-state index >= 15 is 0 Å². The lowest BCUT2D eigenvalue weighted by Gasteiger charge is -2.07. The van der Waals surface area contributed by atoms with Gasteiger partial charge in [-0.3, -0.25) is 0 Å². The fraction of sp³-hybridized carbons (Fsp3) is 0.412. The van der Waals surface area contributed by atoms with Gasteiger partial charge >= 0.3 is 0 Å². The van der Waals surface area contributed by atoms with Gasteiger partial charge in [0.1, 0.15) is 0 Å². The van der Waals surface area contributed by atoms with Gasteiger partial charge in [-0.15, -0.1) is 0 Å². The Labute approximate surface area is 104 Å². The standard InChI is InChI=1S/C17H20/c1-3-7-14(8-4-1)11-15-12-16-9-5-2-6-10-17(16)13-15/h1,3-4,7-8,12-13,16H,2,5-6,9-11H2. The van der Waals surface area contributed by atoms with E-state index in [2.05, 4.69) is 42.5 Å². The molecule has 0 nitrogen and oxygen atoms in total. The number of benzene rings is 1. The maximum absolute atomic E-state index is 2.52. The molecule has 0 N–H and O–H groups in total. The van der Waals surface area contributed by atoms with Crippen LogP contribution in [0, 0.1) is 5.92 Å². The molecule has 1 saturated carbocycles. The molecule has 1 atom stereocenters. The second-order valence-corrected chi connectivity index (χ2v) is 5.33. The van der Waals surface area contributed by atoms with Gasteiger partial charge in [0, 0.05) is 0 Å². The number of hydrogen-bond donors (Lipinski definition) is 0. The zero-order valence-electron chi connectivity index (χ0n) is 10.4. The quantitative estimate of drug-likeness (QED) is 0.684. The zero-order chi connectivity index (χ0) is 11.5. The van der Waals surface area contributed by atoms with Crippen LogP contribution in [0.15, 0.2) is 53.6 Å². The molecule has 1 aromatic rings. The van der Waals surface area contributed by atoms with Crippen LogP contribution in [0.4, 0.5) is 0 Å². The minimum atomic E-state index is 0.774. The molecule has 1 fully saturated rings. The molecule has 0 aliphatic heterocycles. The smallest absolute Gasteiger partial charge is 0.00141 e. The molecular weight excluding hydrogens is 204 g/mol. The summed E-state index contributed by atoms with van der Waals surface area (Å²) in [5.74, 6) is 0.774. The molecule has 1 unspecified atom stereocenters. The number of hydrogen-bond acceptors (Lipinski definition) is 0. The molecular formula is C17H20. The summed E-state index contributed by atoms with van der Waals surface area (Å²) in [5.41, 5.74) is 4.68. The van der Waals surface area contributed by atoms with Crippen molar-refractivity contribution in [3.63, 3.8) is 0 Å². The van der Waals surface area contributed by atoms with Crippen LogP contribution in [0.2, 0.25) is 0 Å². The molecule has 0 radical (unpaired) electrons. The molecule has 2 aliphatic rings. The number of fused-ring (bicyclic) bond motifs is 1. The lowest BCUT2D eigenvalue weighted by molar-refractivity contribution is 0.645. The highest BCUT2D eigenvalue weighted by Gasteiger charge is 2.20. The Morgan fingerprint density at radius 1 is 1.00 bits per heavy atom. The van der Waals surface area contributed by atoms with Crippen LogP contribution in [0.1, 0.15) is 37.7 Å². The minimum Gasteiger partial charge on any atom is -0.0738 e. The Morgan fingerprint density at radius 3 is 2.76 bits per heavy atom. The third-order valence-corrected chi connectivity index (χ3v) is 3.99. The molecule has 3 rings (SSSR count). The van der Waals surface area contributed by atoms with Gasteiger partial charge in [-0.05, 0) is 42.7 Å². The first-order valence-electron chi connectivity index (χ1n) is 6.87. The average molecular weight is 224 g/mol. The molecule has 17 heavy (non-hydrogen) atoms. The van der Waals surface area contributed by atoms with Gasteiger partial charge in [0.2, 0.25) is 0 Å². The van der Waals surface area contributed by atoms with Gasteiger partial charge in [0.05, 0.1) is 0 Å². The third kappa shape index (κ3) is 2.52. The second kappa shape index (κ2) is 4.91. The van der Waals surface area contributed by atoms with E-state index in [1.165, 1.54) is 43.2 Å². The van der Waals surface area contributed by atoms with E-state index in [0.717, 1.165) is 12.3 Å². The van der Waals surface area contributed by atoms with E-state index in [4.69, 9.17) is 0 Å². The molecule has 0 heterocycles. The summed E-state index contributed by atoms with van der Waals surface area (Å²) in [7, 11) is 0. The van der Waals surface area contributed by atoms with E-state index in [1.54, 1.807) is 5.57 Å². The number of rotatable bonds is 2. The van der Waals surface area contributed by atoms with Gasteiger partial charge in [0.15, 0.2) is 0 Å². The molecule has 0 amide bonds. The normalized spacial score (nSPS) is 23.6. The van der Waals surface area contributed by atoms with Crippen molar-refractivity contribution in [2.45, 2.75) is 38.5 Å². The summed E-state index contributed by atoms with van der Waals surface area (Å²) in [5, 5.41) is 0. The van der Waals surface area contributed by atoms with Gasteiger partial charge in [0.25, 0.3) is 0 Å².